The van der Waals surface area contributed by atoms with Gasteiger partial charge in [-0.05, 0) is 0 Å². The molecule has 0 aliphatic carbocycles. The summed E-state index contributed by atoms with van der Waals surface area (Å²) in [4.78, 5) is 10.1. The summed E-state index contributed by atoms with van der Waals surface area (Å²) in [5.41, 5.74) is 0. The van der Waals surface area contributed by atoms with Crippen LogP contribution in [0.1, 0.15) is 13.3 Å². The van der Waals surface area contributed by atoms with Gasteiger partial charge in [-0.1, -0.05) is 0 Å². The summed E-state index contributed by atoms with van der Waals surface area (Å²) in [6, 6.07) is 0. The first-order chi connectivity index (χ1) is 4.49. The van der Waals surface area contributed by atoms with Crippen molar-refractivity contribution in [2.75, 3.05) is 0 Å². The normalized spacial score (nSPS) is 16.4. The number of aldehydes is 1. The first kappa shape index (κ1) is 11.3. The molecular weight excluding hydrogens is 314 g/mol. The van der Waals surface area contributed by atoms with Crippen molar-refractivity contribution in [2.45, 2.75) is 19.4 Å². The summed E-state index contributed by atoms with van der Waals surface area (Å²) in [5.74, 6) is 0. The van der Waals surface area contributed by atoms with Crippen LogP contribution in [0, 0.1) is 0 Å². The van der Waals surface area contributed by atoms with E-state index in [0.717, 1.165) is 0 Å². The summed E-state index contributed by atoms with van der Waals surface area (Å²) in [6.07, 6.45) is 0.644. The van der Waals surface area contributed by atoms with E-state index in [4.69, 9.17) is 30.0 Å². The average molecular weight is 321 g/mol. The molecule has 0 heterocycles. The van der Waals surface area contributed by atoms with E-state index in [-0.39, 0.29) is 0 Å². The molecule has 0 saturated heterocycles. The van der Waals surface area contributed by atoms with E-state index >= 15 is 0 Å². The third-order valence-corrected chi connectivity index (χ3v) is 3.58. The van der Waals surface area contributed by atoms with Crippen molar-refractivity contribution in [1.82, 2.24) is 0 Å². The Bertz CT molecular complexity index is 114. The Balaban J connectivity index is 3.74. The molecule has 1 unspecified atom stereocenters. The zero-order valence-corrected chi connectivity index (χ0v) is 9.82. The van der Waals surface area contributed by atoms with Crippen LogP contribution in [0.5, 0.6) is 0 Å². The quantitative estimate of drug-likeness (QED) is 0.586. The second-order valence-electron chi connectivity index (χ2n) is 1.54. The van der Waals surface area contributed by atoms with Crippen LogP contribution in [-0.2, 0) is 7.90 Å². The Labute approximate surface area is 75.3 Å². The molecule has 0 aromatic rings. The summed E-state index contributed by atoms with van der Waals surface area (Å²) in [6.45, 7) is 1.79. The van der Waals surface area contributed by atoms with Crippen LogP contribution in [0.15, 0.2) is 0 Å². The number of rotatable bonds is 4. The third-order valence-electron chi connectivity index (χ3n) is 0.787. The minimum absolute atomic E-state index is 0.545. The van der Waals surface area contributed by atoms with E-state index in [1.165, 1.54) is 0 Å². The molecule has 6 heteroatoms. The van der Waals surface area contributed by atoms with Crippen LogP contribution in [0.3, 0.4) is 0 Å². The van der Waals surface area contributed by atoms with E-state index in [0.29, 0.717) is 12.7 Å². The summed E-state index contributed by atoms with van der Waals surface area (Å²) >= 11 is -3.55. The molecule has 0 saturated carbocycles. The molecule has 10 heavy (non-hydrogen) atoms. The minimum atomic E-state index is -3.55. The fourth-order valence-electron chi connectivity index (χ4n) is 0.327. The maximum absolute atomic E-state index is 10.1. The van der Waals surface area contributed by atoms with Crippen molar-refractivity contribution >= 4 is 48.4 Å². The van der Waals surface area contributed by atoms with Crippen molar-refractivity contribution < 1.29 is 7.90 Å². The Morgan fingerprint density at radius 3 is 2.20 bits per heavy atom. The standard InChI is InChI=1S/C4H7Cl3O2Te/c1-2-4(3-8)9-10(5,6)7/h3-4H,2H2,1H3. The van der Waals surface area contributed by atoms with Gasteiger partial charge < -0.3 is 0 Å². The van der Waals surface area contributed by atoms with Gasteiger partial charge in [0.2, 0.25) is 0 Å². The zero-order chi connectivity index (χ0) is 8.20. The van der Waals surface area contributed by atoms with Gasteiger partial charge in [0.15, 0.2) is 0 Å². The Morgan fingerprint density at radius 1 is 1.60 bits per heavy atom. The molecule has 0 rings (SSSR count). The van der Waals surface area contributed by atoms with Gasteiger partial charge in [0.05, 0.1) is 0 Å². The molecular formula is C4H7Cl3O2Te. The molecule has 62 valence electrons. The van der Waals surface area contributed by atoms with Crippen molar-refractivity contribution in [2.24, 2.45) is 0 Å². The molecule has 1 atom stereocenters. The van der Waals surface area contributed by atoms with Crippen LogP contribution in [0.2, 0.25) is 0 Å². The molecule has 0 N–H and O–H groups in total. The van der Waals surface area contributed by atoms with Gasteiger partial charge in [0.25, 0.3) is 0 Å². The van der Waals surface area contributed by atoms with Gasteiger partial charge in [0, 0.05) is 0 Å². The van der Waals surface area contributed by atoms with Crippen LogP contribution in [-0.4, -0.2) is 27.6 Å². The number of carbonyl (C=O) groups is 1. The van der Waals surface area contributed by atoms with Crippen molar-refractivity contribution in [3.63, 3.8) is 0 Å². The summed E-state index contributed by atoms with van der Waals surface area (Å²) < 4.78 is 4.85. The zero-order valence-electron chi connectivity index (χ0n) is 5.22. The molecule has 0 amide bonds. The summed E-state index contributed by atoms with van der Waals surface area (Å²) in [7, 11) is 16.3. The first-order valence-electron chi connectivity index (χ1n) is 2.55. The molecule has 0 aromatic carbocycles. The van der Waals surface area contributed by atoms with Gasteiger partial charge in [-0.3, -0.25) is 0 Å². The van der Waals surface area contributed by atoms with E-state index < -0.39 is 21.3 Å². The second-order valence-corrected chi connectivity index (χ2v) is 16.1. The number of halogens is 3. The van der Waals surface area contributed by atoms with E-state index in [9.17, 15) is 4.79 Å². The van der Waals surface area contributed by atoms with E-state index in [1.807, 2.05) is 0 Å². The predicted molar refractivity (Wildman–Crippen MR) is 44.5 cm³/mol. The second kappa shape index (κ2) is 5.03. The molecule has 0 spiro atoms. The first-order valence-corrected chi connectivity index (χ1v) is 12.4. The Hall–Kier alpha value is 1.29. The molecule has 0 aliphatic rings. The Kier molecular flexibility index (Phi) is 5.68. The Morgan fingerprint density at radius 2 is 2.10 bits per heavy atom. The molecule has 0 radical (unpaired) electrons. The SMILES string of the molecule is CCC(C=O)O[Te](Cl)(Cl)Cl. The number of hydrogen-bond acceptors (Lipinski definition) is 2. The van der Waals surface area contributed by atoms with Gasteiger partial charge in [-0.2, -0.15) is 0 Å². The number of hydrogen-bond donors (Lipinski definition) is 0. The molecule has 2 nitrogen and oxygen atoms in total. The fraction of sp³-hybridized carbons (Fsp3) is 0.750. The van der Waals surface area contributed by atoms with Crippen molar-refractivity contribution in [3.05, 3.63) is 0 Å². The van der Waals surface area contributed by atoms with Gasteiger partial charge >= 0.3 is 75.8 Å². The number of carbonyl (C=O) groups excluding carboxylic acids is 1. The molecule has 0 aliphatic heterocycles. The van der Waals surface area contributed by atoms with Gasteiger partial charge in [0.1, 0.15) is 0 Å². The van der Waals surface area contributed by atoms with Gasteiger partial charge in [-0.25, -0.2) is 0 Å². The van der Waals surface area contributed by atoms with Crippen LogP contribution in [0.25, 0.3) is 0 Å². The maximum atomic E-state index is 10.1. The fourth-order valence-corrected chi connectivity index (χ4v) is 3.53. The van der Waals surface area contributed by atoms with Crippen LogP contribution >= 0.6 is 26.9 Å². The van der Waals surface area contributed by atoms with Crippen molar-refractivity contribution in [3.8, 4) is 0 Å². The van der Waals surface area contributed by atoms with Crippen molar-refractivity contribution in [1.29, 1.82) is 0 Å². The van der Waals surface area contributed by atoms with Crippen LogP contribution in [0.4, 0.5) is 0 Å². The monoisotopic (exact) mass is 322 g/mol. The van der Waals surface area contributed by atoms with Gasteiger partial charge in [-0.15, -0.1) is 0 Å². The van der Waals surface area contributed by atoms with E-state index in [1.54, 1.807) is 6.92 Å². The summed E-state index contributed by atoms with van der Waals surface area (Å²) in [5, 5.41) is 0. The predicted octanol–water partition coefficient (Wildman–Crippen LogP) is 2.13. The van der Waals surface area contributed by atoms with Crippen LogP contribution < -0.4 is 0 Å². The topological polar surface area (TPSA) is 26.3 Å². The van der Waals surface area contributed by atoms with E-state index in [2.05, 4.69) is 0 Å². The molecule has 0 aromatic heterocycles. The molecule has 0 fully saturated rings. The average Bonchev–Trinajstić information content (AvgIpc) is 1.81. The molecule has 0 bridgehead atoms. The third kappa shape index (κ3) is 6.03.